The summed E-state index contributed by atoms with van der Waals surface area (Å²) < 4.78 is 0. The third-order valence-corrected chi connectivity index (χ3v) is 5.32. The average Bonchev–Trinajstić information content (AvgIpc) is 3.42. The minimum atomic E-state index is -0.956. The molecule has 0 aromatic heterocycles. The van der Waals surface area contributed by atoms with Crippen molar-refractivity contribution in [3.8, 4) is 0 Å². The molecular weight excluding hydrogens is 324 g/mol. The fourth-order valence-electron chi connectivity index (χ4n) is 3.36. The number of aryl methyl sites for hydroxylation is 4. The van der Waals surface area contributed by atoms with E-state index >= 15 is 0 Å². The summed E-state index contributed by atoms with van der Waals surface area (Å²) in [6.45, 7) is 7.96. The Hall–Kier alpha value is -2.62. The Bertz CT molecular complexity index is 846. The van der Waals surface area contributed by atoms with Crippen LogP contribution >= 0.6 is 0 Å². The van der Waals surface area contributed by atoms with Gasteiger partial charge in [0.2, 0.25) is 11.8 Å². The third-order valence-electron chi connectivity index (χ3n) is 5.32. The number of rotatable bonds is 5. The van der Waals surface area contributed by atoms with Crippen LogP contribution in [0.5, 0.6) is 0 Å². The molecule has 0 atom stereocenters. The topological polar surface area (TPSA) is 58.2 Å². The van der Waals surface area contributed by atoms with Crippen LogP contribution < -0.4 is 10.6 Å². The van der Waals surface area contributed by atoms with Crippen LogP contribution in [0.3, 0.4) is 0 Å². The molecule has 1 aliphatic carbocycles. The van der Waals surface area contributed by atoms with Gasteiger partial charge in [0.25, 0.3) is 0 Å². The van der Waals surface area contributed by atoms with Crippen molar-refractivity contribution < 1.29 is 9.59 Å². The number of nitrogens with one attached hydrogen (secondary N) is 2. The molecule has 0 radical (unpaired) electrons. The predicted octanol–water partition coefficient (Wildman–Crippen LogP) is 4.53. The van der Waals surface area contributed by atoms with Gasteiger partial charge in [-0.3, -0.25) is 9.59 Å². The number of carbonyl (C=O) groups is 2. The van der Waals surface area contributed by atoms with E-state index in [0.717, 1.165) is 40.0 Å². The summed E-state index contributed by atoms with van der Waals surface area (Å²) in [5.74, 6) is -0.413. The Morgan fingerprint density at radius 3 is 1.81 bits per heavy atom. The molecule has 3 rings (SSSR count). The van der Waals surface area contributed by atoms with Crippen molar-refractivity contribution in [1.82, 2.24) is 0 Å². The van der Waals surface area contributed by atoms with Crippen molar-refractivity contribution in [2.45, 2.75) is 47.0 Å². The van der Waals surface area contributed by atoms with E-state index in [2.05, 4.69) is 17.6 Å². The number of amides is 2. The second-order valence-corrected chi connectivity index (χ2v) is 7.22. The van der Waals surface area contributed by atoms with E-state index < -0.39 is 5.41 Å². The zero-order valence-corrected chi connectivity index (χ0v) is 15.9. The van der Waals surface area contributed by atoms with Gasteiger partial charge in [0.05, 0.1) is 0 Å². The lowest BCUT2D eigenvalue weighted by Gasteiger charge is -2.19. The van der Waals surface area contributed by atoms with E-state index in [1.54, 1.807) is 0 Å². The van der Waals surface area contributed by atoms with E-state index in [1.807, 2.05) is 57.2 Å². The van der Waals surface area contributed by atoms with E-state index in [4.69, 9.17) is 0 Å². The van der Waals surface area contributed by atoms with E-state index in [-0.39, 0.29) is 11.8 Å². The van der Waals surface area contributed by atoms with Crippen molar-refractivity contribution in [3.63, 3.8) is 0 Å². The lowest BCUT2D eigenvalue weighted by molar-refractivity contribution is -0.131. The molecule has 26 heavy (non-hydrogen) atoms. The summed E-state index contributed by atoms with van der Waals surface area (Å²) in [7, 11) is 0. The van der Waals surface area contributed by atoms with Crippen molar-refractivity contribution in [1.29, 1.82) is 0 Å². The van der Waals surface area contributed by atoms with Crippen LogP contribution in [0.25, 0.3) is 0 Å². The van der Waals surface area contributed by atoms with Gasteiger partial charge in [-0.1, -0.05) is 43.3 Å². The van der Waals surface area contributed by atoms with Crippen molar-refractivity contribution in [2.75, 3.05) is 10.6 Å². The minimum Gasteiger partial charge on any atom is -0.325 e. The zero-order chi connectivity index (χ0) is 18.9. The Balaban J connectivity index is 1.81. The molecule has 0 aliphatic heterocycles. The summed E-state index contributed by atoms with van der Waals surface area (Å²) in [5.41, 5.74) is 4.80. The van der Waals surface area contributed by atoms with E-state index in [1.165, 1.54) is 0 Å². The van der Waals surface area contributed by atoms with Crippen LogP contribution in [0, 0.1) is 26.2 Å². The van der Waals surface area contributed by atoms with Gasteiger partial charge in [0.1, 0.15) is 5.41 Å². The highest BCUT2D eigenvalue weighted by molar-refractivity contribution is 6.17. The molecule has 1 fully saturated rings. The Kier molecular flexibility index (Phi) is 4.86. The predicted molar refractivity (Wildman–Crippen MR) is 105 cm³/mol. The van der Waals surface area contributed by atoms with Crippen LogP contribution in [-0.2, 0) is 16.0 Å². The minimum absolute atomic E-state index is 0.203. The fourth-order valence-corrected chi connectivity index (χ4v) is 3.36. The smallest absolute Gasteiger partial charge is 0.240 e. The molecule has 0 bridgehead atoms. The molecule has 4 nitrogen and oxygen atoms in total. The molecule has 1 aliphatic rings. The van der Waals surface area contributed by atoms with Crippen molar-refractivity contribution in [2.24, 2.45) is 5.41 Å². The molecule has 1 saturated carbocycles. The van der Waals surface area contributed by atoms with Crippen LogP contribution in [0.2, 0.25) is 0 Å². The lowest BCUT2D eigenvalue weighted by atomic mass is 10.0. The molecule has 2 N–H and O–H groups in total. The Morgan fingerprint density at radius 1 is 0.846 bits per heavy atom. The molecule has 136 valence electrons. The van der Waals surface area contributed by atoms with Gasteiger partial charge in [-0.25, -0.2) is 0 Å². The largest absolute Gasteiger partial charge is 0.325 e. The molecular formula is C22H26N2O2. The highest BCUT2D eigenvalue weighted by Gasteiger charge is 2.56. The Labute approximate surface area is 155 Å². The van der Waals surface area contributed by atoms with Crippen LogP contribution in [-0.4, -0.2) is 11.8 Å². The number of hydrogen-bond acceptors (Lipinski definition) is 2. The summed E-state index contributed by atoms with van der Waals surface area (Å²) in [6, 6.07) is 11.9. The summed E-state index contributed by atoms with van der Waals surface area (Å²) >= 11 is 0. The monoisotopic (exact) mass is 350 g/mol. The quantitative estimate of drug-likeness (QED) is 0.778. The Morgan fingerprint density at radius 2 is 1.31 bits per heavy atom. The van der Waals surface area contributed by atoms with Crippen molar-refractivity contribution >= 4 is 23.2 Å². The summed E-state index contributed by atoms with van der Waals surface area (Å²) in [6.07, 6.45) is 2.00. The fraction of sp³-hybridized carbons (Fsp3) is 0.364. The number of anilines is 2. The van der Waals surface area contributed by atoms with Crippen LogP contribution in [0.4, 0.5) is 11.4 Å². The molecule has 0 unspecified atom stereocenters. The maximum atomic E-state index is 12.9. The van der Waals surface area contributed by atoms with Gasteiger partial charge in [-0.05, 0) is 62.3 Å². The first-order valence-electron chi connectivity index (χ1n) is 9.16. The maximum Gasteiger partial charge on any atom is 0.240 e. The SMILES string of the molecule is CCc1cccc(C)c1NC(=O)C1(C(=O)Nc2c(C)cccc2C)CC1. The molecule has 4 heteroatoms. The molecule has 2 amide bonds. The van der Waals surface area contributed by atoms with E-state index in [0.29, 0.717) is 12.8 Å². The normalized spacial score (nSPS) is 14.6. The maximum absolute atomic E-state index is 12.9. The van der Waals surface area contributed by atoms with Gasteiger partial charge >= 0.3 is 0 Å². The molecule has 2 aromatic rings. The standard InChI is InChI=1S/C22H26N2O2/c1-5-17-11-7-10-16(4)19(17)24-21(26)22(12-13-22)20(25)23-18-14(2)8-6-9-15(18)3/h6-11H,5,12-13H2,1-4H3,(H,23,25)(H,24,26). The van der Waals surface area contributed by atoms with Gasteiger partial charge in [-0.2, -0.15) is 0 Å². The van der Waals surface area contributed by atoms with E-state index in [9.17, 15) is 9.59 Å². The zero-order valence-electron chi connectivity index (χ0n) is 15.9. The van der Waals surface area contributed by atoms with Crippen molar-refractivity contribution in [3.05, 3.63) is 58.7 Å². The molecule has 0 heterocycles. The highest BCUT2D eigenvalue weighted by Crippen LogP contribution is 2.48. The molecule has 2 aromatic carbocycles. The second-order valence-electron chi connectivity index (χ2n) is 7.22. The summed E-state index contributed by atoms with van der Waals surface area (Å²) in [5, 5.41) is 6.02. The lowest BCUT2D eigenvalue weighted by Crippen LogP contribution is -2.36. The second kappa shape index (κ2) is 6.94. The third kappa shape index (κ3) is 3.24. The van der Waals surface area contributed by atoms with Crippen LogP contribution in [0.1, 0.15) is 42.0 Å². The first-order chi connectivity index (χ1) is 12.4. The summed E-state index contributed by atoms with van der Waals surface area (Å²) in [4.78, 5) is 25.8. The molecule has 0 spiro atoms. The molecule has 0 saturated heterocycles. The highest BCUT2D eigenvalue weighted by atomic mass is 16.2. The number of benzene rings is 2. The first kappa shape index (κ1) is 18.2. The van der Waals surface area contributed by atoms with Gasteiger partial charge in [0, 0.05) is 11.4 Å². The van der Waals surface area contributed by atoms with Gasteiger partial charge in [0.15, 0.2) is 0 Å². The van der Waals surface area contributed by atoms with Gasteiger partial charge < -0.3 is 10.6 Å². The number of hydrogen-bond donors (Lipinski definition) is 2. The first-order valence-corrected chi connectivity index (χ1v) is 9.16. The number of para-hydroxylation sites is 2. The average molecular weight is 350 g/mol. The van der Waals surface area contributed by atoms with Gasteiger partial charge in [-0.15, -0.1) is 0 Å². The van der Waals surface area contributed by atoms with Crippen LogP contribution in [0.15, 0.2) is 36.4 Å². The number of carbonyl (C=O) groups excluding carboxylic acids is 2.